The molecule has 0 aliphatic heterocycles. The number of nitrogens with one attached hydrogen (secondary N) is 1. The third-order valence-electron chi connectivity index (χ3n) is 3.69. The number of amides is 2. The maximum atomic E-state index is 11.6. The Kier molecular flexibility index (Phi) is 5.06. The summed E-state index contributed by atoms with van der Waals surface area (Å²) in [5, 5.41) is 12.4. The van der Waals surface area contributed by atoms with Crippen LogP contribution in [0.25, 0.3) is 0 Å². The number of nitrogens with zero attached hydrogens (tertiary/aromatic N) is 1. The summed E-state index contributed by atoms with van der Waals surface area (Å²) < 4.78 is 0. The highest BCUT2D eigenvalue weighted by Gasteiger charge is 2.31. The van der Waals surface area contributed by atoms with Crippen molar-refractivity contribution in [3.63, 3.8) is 0 Å². The summed E-state index contributed by atoms with van der Waals surface area (Å²) in [5.41, 5.74) is -0.0670. The van der Waals surface area contributed by atoms with E-state index in [4.69, 9.17) is 0 Å². The van der Waals surface area contributed by atoms with Gasteiger partial charge in [0.05, 0.1) is 6.61 Å². The number of aliphatic hydroxyl groups is 1. The number of hydrogen-bond donors (Lipinski definition) is 2. The Hall–Kier alpha value is -0.770. The van der Waals surface area contributed by atoms with Crippen LogP contribution in [0.2, 0.25) is 0 Å². The summed E-state index contributed by atoms with van der Waals surface area (Å²) in [7, 11) is 1.78. The Bertz CT molecular complexity index is 225. The standard InChI is InChI=1S/C12H24N2O2/c1-3-14(2)11(16)13-9-12(10-15)7-5-4-6-8-12/h15H,3-10H2,1-2H3,(H,13,16). The first-order chi connectivity index (χ1) is 7.63. The largest absolute Gasteiger partial charge is 0.396 e. The molecule has 4 heteroatoms. The summed E-state index contributed by atoms with van der Waals surface area (Å²) in [5.74, 6) is 0. The second-order valence-electron chi connectivity index (χ2n) is 4.89. The third-order valence-corrected chi connectivity index (χ3v) is 3.69. The van der Waals surface area contributed by atoms with Crippen LogP contribution in [0.5, 0.6) is 0 Å². The van der Waals surface area contributed by atoms with E-state index in [0.717, 1.165) is 12.8 Å². The molecule has 1 aliphatic carbocycles. The summed E-state index contributed by atoms with van der Waals surface area (Å²) in [6, 6.07) is -0.0408. The fourth-order valence-corrected chi connectivity index (χ4v) is 2.23. The number of rotatable bonds is 4. The lowest BCUT2D eigenvalue weighted by Crippen LogP contribution is -2.45. The number of carbonyl (C=O) groups is 1. The average molecular weight is 228 g/mol. The van der Waals surface area contributed by atoms with Gasteiger partial charge in [0.15, 0.2) is 0 Å². The van der Waals surface area contributed by atoms with Crippen LogP contribution in [0.3, 0.4) is 0 Å². The van der Waals surface area contributed by atoms with Crippen LogP contribution in [-0.4, -0.2) is 42.8 Å². The van der Waals surface area contributed by atoms with Crippen molar-refractivity contribution >= 4 is 6.03 Å². The molecule has 1 saturated carbocycles. The summed E-state index contributed by atoms with van der Waals surface area (Å²) in [6.45, 7) is 3.44. The lowest BCUT2D eigenvalue weighted by molar-refractivity contribution is 0.0819. The Balaban J connectivity index is 2.41. The Morgan fingerprint density at radius 2 is 2.00 bits per heavy atom. The molecule has 0 heterocycles. The van der Waals surface area contributed by atoms with Gasteiger partial charge in [-0.1, -0.05) is 19.3 Å². The van der Waals surface area contributed by atoms with Crippen molar-refractivity contribution in [2.24, 2.45) is 5.41 Å². The van der Waals surface area contributed by atoms with E-state index in [2.05, 4.69) is 5.32 Å². The molecule has 1 rings (SSSR count). The minimum Gasteiger partial charge on any atom is -0.396 e. The van der Waals surface area contributed by atoms with Gasteiger partial charge in [-0.25, -0.2) is 4.79 Å². The smallest absolute Gasteiger partial charge is 0.317 e. The third kappa shape index (κ3) is 3.37. The maximum absolute atomic E-state index is 11.6. The molecule has 0 radical (unpaired) electrons. The molecule has 0 spiro atoms. The highest BCUT2D eigenvalue weighted by atomic mass is 16.3. The van der Waals surface area contributed by atoms with Crippen LogP contribution < -0.4 is 5.32 Å². The van der Waals surface area contributed by atoms with Crippen molar-refractivity contribution in [2.45, 2.75) is 39.0 Å². The maximum Gasteiger partial charge on any atom is 0.317 e. The monoisotopic (exact) mass is 228 g/mol. The van der Waals surface area contributed by atoms with Gasteiger partial charge in [0.2, 0.25) is 0 Å². The Labute approximate surface area is 98.0 Å². The van der Waals surface area contributed by atoms with Crippen LogP contribution in [0.1, 0.15) is 39.0 Å². The van der Waals surface area contributed by atoms with E-state index in [1.54, 1.807) is 11.9 Å². The predicted octanol–water partition coefficient (Wildman–Crippen LogP) is 1.59. The molecular weight excluding hydrogens is 204 g/mol. The fourth-order valence-electron chi connectivity index (χ4n) is 2.23. The van der Waals surface area contributed by atoms with Gasteiger partial charge < -0.3 is 15.3 Å². The van der Waals surface area contributed by atoms with Crippen molar-refractivity contribution in [1.82, 2.24) is 10.2 Å². The molecule has 0 aromatic rings. The normalized spacial score (nSPS) is 19.2. The number of urea groups is 1. The average Bonchev–Trinajstić information content (AvgIpc) is 2.36. The van der Waals surface area contributed by atoms with Crippen LogP contribution in [0, 0.1) is 5.41 Å². The predicted molar refractivity (Wildman–Crippen MR) is 64.3 cm³/mol. The minimum atomic E-state index is -0.0670. The van der Waals surface area contributed by atoms with E-state index < -0.39 is 0 Å². The molecule has 1 fully saturated rings. The molecular formula is C12H24N2O2. The van der Waals surface area contributed by atoms with Gasteiger partial charge in [0, 0.05) is 25.6 Å². The van der Waals surface area contributed by atoms with Gasteiger partial charge in [-0.3, -0.25) is 0 Å². The van der Waals surface area contributed by atoms with Gasteiger partial charge in [0.25, 0.3) is 0 Å². The topological polar surface area (TPSA) is 52.6 Å². The number of aliphatic hydroxyl groups excluding tert-OH is 1. The molecule has 94 valence electrons. The zero-order valence-electron chi connectivity index (χ0n) is 10.5. The van der Waals surface area contributed by atoms with Crippen molar-refractivity contribution < 1.29 is 9.90 Å². The molecule has 2 N–H and O–H groups in total. The van der Waals surface area contributed by atoms with Gasteiger partial charge in [-0.2, -0.15) is 0 Å². The SMILES string of the molecule is CCN(C)C(=O)NCC1(CO)CCCCC1. The molecule has 0 bridgehead atoms. The van der Waals surface area contributed by atoms with Crippen molar-refractivity contribution in [1.29, 1.82) is 0 Å². The van der Waals surface area contributed by atoms with Crippen LogP contribution in [0.4, 0.5) is 4.79 Å². The van der Waals surface area contributed by atoms with Crippen molar-refractivity contribution in [3.05, 3.63) is 0 Å². The lowest BCUT2D eigenvalue weighted by Gasteiger charge is -2.36. The first-order valence-corrected chi connectivity index (χ1v) is 6.23. The van der Waals surface area contributed by atoms with E-state index in [-0.39, 0.29) is 18.1 Å². The Morgan fingerprint density at radius 1 is 1.38 bits per heavy atom. The van der Waals surface area contributed by atoms with E-state index >= 15 is 0 Å². The summed E-state index contributed by atoms with van der Waals surface area (Å²) >= 11 is 0. The molecule has 16 heavy (non-hydrogen) atoms. The first kappa shape index (κ1) is 13.3. The fraction of sp³-hybridized carbons (Fsp3) is 0.917. The summed E-state index contributed by atoms with van der Waals surface area (Å²) in [4.78, 5) is 13.3. The zero-order valence-corrected chi connectivity index (χ0v) is 10.5. The number of hydrogen-bond acceptors (Lipinski definition) is 2. The highest BCUT2D eigenvalue weighted by molar-refractivity contribution is 5.73. The molecule has 0 aromatic heterocycles. The van der Waals surface area contributed by atoms with Gasteiger partial charge in [-0.05, 0) is 19.8 Å². The molecule has 0 unspecified atom stereocenters. The van der Waals surface area contributed by atoms with E-state index in [1.165, 1.54) is 19.3 Å². The zero-order chi connectivity index (χ0) is 12.0. The molecule has 0 aromatic carbocycles. The van der Waals surface area contributed by atoms with Gasteiger partial charge >= 0.3 is 6.03 Å². The van der Waals surface area contributed by atoms with Crippen LogP contribution in [-0.2, 0) is 0 Å². The van der Waals surface area contributed by atoms with Gasteiger partial charge in [-0.15, -0.1) is 0 Å². The molecule has 2 amide bonds. The molecule has 0 atom stereocenters. The molecule has 0 saturated heterocycles. The Morgan fingerprint density at radius 3 is 2.50 bits per heavy atom. The van der Waals surface area contributed by atoms with E-state index in [9.17, 15) is 9.90 Å². The second-order valence-corrected chi connectivity index (χ2v) is 4.89. The van der Waals surface area contributed by atoms with Crippen molar-refractivity contribution in [2.75, 3.05) is 26.7 Å². The van der Waals surface area contributed by atoms with Gasteiger partial charge in [0.1, 0.15) is 0 Å². The number of carbonyl (C=O) groups excluding carboxylic acids is 1. The van der Waals surface area contributed by atoms with Crippen LogP contribution in [0.15, 0.2) is 0 Å². The quantitative estimate of drug-likeness (QED) is 0.767. The van der Waals surface area contributed by atoms with Crippen LogP contribution >= 0.6 is 0 Å². The lowest BCUT2D eigenvalue weighted by atomic mass is 9.74. The molecule has 1 aliphatic rings. The minimum absolute atomic E-state index is 0.0408. The second kappa shape index (κ2) is 6.09. The van der Waals surface area contributed by atoms with E-state index in [0.29, 0.717) is 13.1 Å². The van der Waals surface area contributed by atoms with Crippen molar-refractivity contribution in [3.8, 4) is 0 Å². The summed E-state index contributed by atoms with van der Waals surface area (Å²) in [6.07, 6.45) is 5.64. The first-order valence-electron chi connectivity index (χ1n) is 6.23. The van der Waals surface area contributed by atoms with E-state index in [1.807, 2.05) is 6.92 Å². The highest BCUT2D eigenvalue weighted by Crippen LogP contribution is 2.35. The molecule has 4 nitrogen and oxygen atoms in total.